The molecule has 2 aromatic carbocycles. The maximum absolute atomic E-state index is 12.3. The normalized spacial score (nSPS) is 12.1. The highest BCUT2D eigenvalue weighted by atomic mass is 16.6. The Labute approximate surface area is 157 Å². The van der Waals surface area contributed by atoms with E-state index in [1.54, 1.807) is 30.3 Å². The van der Waals surface area contributed by atoms with Gasteiger partial charge in [-0.1, -0.05) is 0 Å². The van der Waals surface area contributed by atoms with Gasteiger partial charge >= 0.3 is 0 Å². The van der Waals surface area contributed by atoms with Gasteiger partial charge in [-0.15, -0.1) is 0 Å². The Hall–Kier alpha value is -3.29. The number of nitrogens with one attached hydrogen (secondary N) is 2. The molecule has 1 aliphatic rings. The number of amides is 1. The van der Waals surface area contributed by atoms with Crippen LogP contribution < -0.4 is 34.3 Å². The first-order chi connectivity index (χ1) is 13.1. The number of hydrogen-bond donors (Lipinski definition) is 2. The third-order valence-electron chi connectivity index (χ3n) is 3.94. The highest BCUT2D eigenvalue weighted by Gasteiger charge is 2.15. The van der Waals surface area contributed by atoms with Crippen molar-refractivity contribution in [3.63, 3.8) is 0 Å². The molecule has 0 bridgehead atoms. The van der Waals surface area contributed by atoms with Crippen LogP contribution in [0.15, 0.2) is 30.3 Å². The number of fused-ring (bicyclic) bond motifs is 1. The van der Waals surface area contributed by atoms with Crippen molar-refractivity contribution in [2.75, 3.05) is 51.7 Å². The Morgan fingerprint density at radius 2 is 1.59 bits per heavy atom. The monoisotopic (exact) mass is 374 g/mol. The molecule has 0 saturated carbocycles. The Morgan fingerprint density at radius 1 is 0.926 bits per heavy atom. The summed E-state index contributed by atoms with van der Waals surface area (Å²) in [5, 5.41) is 5.86. The lowest BCUT2D eigenvalue weighted by Crippen LogP contribution is -2.22. The van der Waals surface area contributed by atoms with Crippen LogP contribution in [0, 0.1) is 0 Å². The predicted octanol–water partition coefficient (Wildman–Crippen LogP) is 2.53. The van der Waals surface area contributed by atoms with E-state index in [9.17, 15) is 4.79 Å². The van der Waals surface area contributed by atoms with E-state index in [4.69, 9.17) is 23.7 Å². The van der Waals surface area contributed by atoms with E-state index in [-0.39, 0.29) is 12.5 Å². The van der Waals surface area contributed by atoms with Crippen molar-refractivity contribution in [1.29, 1.82) is 0 Å². The molecule has 0 aliphatic carbocycles. The molecule has 1 heterocycles. The second-order valence-corrected chi connectivity index (χ2v) is 5.67. The summed E-state index contributed by atoms with van der Waals surface area (Å²) in [6.45, 7) is 1.08. The third-order valence-corrected chi connectivity index (χ3v) is 3.94. The van der Waals surface area contributed by atoms with Crippen LogP contribution in [0.4, 0.5) is 11.4 Å². The number of hydrogen-bond acceptors (Lipinski definition) is 7. The predicted molar refractivity (Wildman–Crippen MR) is 101 cm³/mol. The molecule has 3 rings (SSSR count). The molecule has 8 heteroatoms. The quantitative estimate of drug-likeness (QED) is 0.770. The van der Waals surface area contributed by atoms with Crippen LogP contribution in [0.5, 0.6) is 28.7 Å². The van der Waals surface area contributed by atoms with Crippen molar-refractivity contribution < 1.29 is 28.5 Å². The van der Waals surface area contributed by atoms with Crippen LogP contribution in [0.2, 0.25) is 0 Å². The standard InChI is InChI=1S/C19H22N2O6/c1-23-16-9-13(10-17(24-2)19(16)25-3)20-11-18(22)21-12-4-5-14-15(8-12)27-7-6-26-14/h4-5,8-10,20H,6-7,11H2,1-3H3,(H,21,22). The first kappa shape index (κ1) is 18.5. The summed E-state index contributed by atoms with van der Waals surface area (Å²) in [7, 11) is 4.61. The molecular formula is C19H22N2O6. The maximum Gasteiger partial charge on any atom is 0.243 e. The molecule has 1 amide bonds. The molecule has 2 N–H and O–H groups in total. The lowest BCUT2D eigenvalue weighted by atomic mass is 10.2. The number of carbonyl (C=O) groups excluding carboxylic acids is 1. The van der Waals surface area contributed by atoms with Gasteiger partial charge in [0.25, 0.3) is 0 Å². The van der Waals surface area contributed by atoms with Gasteiger partial charge in [0.05, 0.1) is 27.9 Å². The largest absolute Gasteiger partial charge is 0.493 e. The minimum Gasteiger partial charge on any atom is -0.493 e. The van der Waals surface area contributed by atoms with E-state index in [2.05, 4.69) is 10.6 Å². The van der Waals surface area contributed by atoms with E-state index in [0.29, 0.717) is 53.3 Å². The summed E-state index contributed by atoms with van der Waals surface area (Å²) in [5.41, 5.74) is 1.30. The molecular weight excluding hydrogens is 352 g/mol. The maximum atomic E-state index is 12.3. The molecule has 144 valence electrons. The zero-order chi connectivity index (χ0) is 19.2. The van der Waals surface area contributed by atoms with Crippen molar-refractivity contribution in [3.05, 3.63) is 30.3 Å². The van der Waals surface area contributed by atoms with Gasteiger partial charge in [-0.3, -0.25) is 4.79 Å². The average Bonchev–Trinajstić information content (AvgIpc) is 2.71. The van der Waals surface area contributed by atoms with Crippen molar-refractivity contribution in [1.82, 2.24) is 0 Å². The third kappa shape index (κ3) is 4.28. The number of anilines is 2. The number of benzene rings is 2. The van der Waals surface area contributed by atoms with Crippen molar-refractivity contribution in [2.24, 2.45) is 0 Å². The van der Waals surface area contributed by atoms with Gasteiger partial charge in [-0.25, -0.2) is 0 Å². The summed E-state index contributed by atoms with van der Waals surface area (Å²) in [5.74, 6) is 2.59. The summed E-state index contributed by atoms with van der Waals surface area (Å²) in [6, 6.07) is 8.75. The van der Waals surface area contributed by atoms with Gasteiger partial charge in [0.1, 0.15) is 13.2 Å². The fraction of sp³-hybridized carbons (Fsp3) is 0.316. The molecule has 2 aromatic rings. The first-order valence-electron chi connectivity index (χ1n) is 8.38. The minimum atomic E-state index is -0.208. The van der Waals surface area contributed by atoms with Crippen molar-refractivity contribution >= 4 is 17.3 Å². The fourth-order valence-corrected chi connectivity index (χ4v) is 2.69. The zero-order valence-electron chi connectivity index (χ0n) is 15.5. The number of rotatable bonds is 7. The van der Waals surface area contributed by atoms with E-state index >= 15 is 0 Å². The topological polar surface area (TPSA) is 87.3 Å². The van der Waals surface area contributed by atoms with Gasteiger partial charge in [0.2, 0.25) is 11.7 Å². The Balaban J connectivity index is 1.64. The van der Waals surface area contributed by atoms with Crippen LogP contribution in [0.3, 0.4) is 0 Å². The van der Waals surface area contributed by atoms with Gasteiger partial charge in [0, 0.05) is 29.6 Å². The van der Waals surface area contributed by atoms with Crippen molar-refractivity contribution in [3.8, 4) is 28.7 Å². The highest BCUT2D eigenvalue weighted by molar-refractivity contribution is 5.94. The summed E-state index contributed by atoms with van der Waals surface area (Å²) < 4.78 is 26.9. The van der Waals surface area contributed by atoms with Gasteiger partial charge in [-0.2, -0.15) is 0 Å². The van der Waals surface area contributed by atoms with E-state index in [1.807, 2.05) is 0 Å². The molecule has 0 saturated heterocycles. The fourth-order valence-electron chi connectivity index (χ4n) is 2.69. The summed E-state index contributed by atoms with van der Waals surface area (Å²) in [6.07, 6.45) is 0. The second-order valence-electron chi connectivity index (χ2n) is 5.67. The highest BCUT2D eigenvalue weighted by Crippen LogP contribution is 2.39. The van der Waals surface area contributed by atoms with Gasteiger partial charge < -0.3 is 34.3 Å². The van der Waals surface area contributed by atoms with Crippen LogP contribution in [0.25, 0.3) is 0 Å². The van der Waals surface area contributed by atoms with E-state index in [0.717, 1.165) is 0 Å². The zero-order valence-corrected chi connectivity index (χ0v) is 15.5. The Bertz CT molecular complexity index is 799. The molecule has 0 aromatic heterocycles. The average molecular weight is 374 g/mol. The SMILES string of the molecule is COc1cc(NCC(=O)Nc2ccc3c(c2)OCCO3)cc(OC)c1OC. The second kappa shape index (κ2) is 8.39. The van der Waals surface area contributed by atoms with Crippen LogP contribution >= 0.6 is 0 Å². The van der Waals surface area contributed by atoms with E-state index in [1.165, 1.54) is 21.3 Å². The smallest absolute Gasteiger partial charge is 0.243 e. The first-order valence-corrected chi connectivity index (χ1v) is 8.38. The van der Waals surface area contributed by atoms with Gasteiger partial charge in [-0.05, 0) is 12.1 Å². The summed E-state index contributed by atoms with van der Waals surface area (Å²) >= 11 is 0. The van der Waals surface area contributed by atoms with E-state index < -0.39 is 0 Å². The molecule has 0 fully saturated rings. The molecule has 0 atom stereocenters. The van der Waals surface area contributed by atoms with Crippen molar-refractivity contribution in [2.45, 2.75) is 0 Å². The number of carbonyl (C=O) groups is 1. The Kier molecular flexibility index (Phi) is 5.75. The molecule has 0 radical (unpaired) electrons. The lowest BCUT2D eigenvalue weighted by molar-refractivity contribution is -0.114. The summed E-state index contributed by atoms with van der Waals surface area (Å²) in [4.78, 5) is 12.3. The molecule has 27 heavy (non-hydrogen) atoms. The number of methoxy groups -OCH3 is 3. The molecule has 0 spiro atoms. The Morgan fingerprint density at radius 3 is 2.22 bits per heavy atom. The molecule has 0 unspecified atom stereocenters. The van der Waals surface area contributed by atoms with Gasteiger partial charge in [0.15, 0.2) is 23.0 Å². The lowest BCUT2D eigenvalue weighted by Gasteiger charge is -2.19. The minimum absolute atomic E-state index is 0.0626. The van der Waals surface area contributed by atoms with Crippen LogP contribution in [-0.2, 0) is 4.79 Å². The molecule has 1 aliphatic heterocycles. The van der Waals surface area contributed by atoms with Crippen LogP contribution in [0.1, 0.15) is 0 Å². The van der Waals surface area contributed by atoms with Crippen LogP contribution in [-0.4, -0.2) is 47.0 Å². The number of ether oxygens (including phenoxy) is 5. The molecule has 8 nitrogen and oxygen atoms in total.